The Bertz CT molecular complexity index is 590. The van der Waals surface area contributed by atoms with Crippen molar-refractivity contribution in [3.05, 3.63) is 47.0 Å². The van der Waals surface area contributed by atoms with Gasteiger partial charge in [0.15, 0.2) is 5.69 Å². The molecule has 0 unspecified atom stereocenters. The maximum atomic E-state index is 13.4. The molecule has 4 nitrogen and oxygen atoms in total. The van der Waals surface area contributed by atoms with Gasteiger partial charge in [-0.2, -0.15) is 5.10 Å². The molecular formula is C12H11FN2O2. The predicted octanol–water partition coefficient (Wildman–Crippen LogP) is 2.33. The highest BCUT2D eigenvalue weighted by Crippen LogP contribution is 2.18. The zero-order valence-corrected chi connectivity index (χ0v) is 9.44. The number of carboxylic acids is 1. The topological polar surface area (TPSA) is 55.1 Å². The van der Waals surface area contributed by atoms with Crippen molar-refractivity contribution in [2.75, 3.05) is 0 Å². The molecule has 2 rings (SSSR count). The van der Waals surface area contributed by atoms with E-state index in [2.05, 4.69) is 5.10 Å². The highest BCUT2D eigenvalue weighted by molar-refractivity contribution is 5.85. The molecule has 0 bridgehead atoms. The average molecular weight is 234 g/mol. The van der Waals surface area contributed by atoms with Crippen molar-refractivity contribution in [1.29, 1.82) is 0 Å². The van der Waals surface area contributed by atoms with E-state index in [9.17, 15) is 9.18 Å². The number of carbonyl (C=O) groups is 1. The molecule has 0 aliphatic heterocycles. The molecule has 1 N–H and O–H groups in total. The molecule has 0 radical (unpaired) electrons. The van der Waals surface area contributed by atoms with Crippen molar-refractivity contribution in [3.63, 3.8) is 0 Å². The predicted molar refractivity (Wildman–Crippen MR) is 60.0 cm³/mol. The van der Waals surface area contributed by atoms with Crippen molar-refractivity contribution in [1.82, 2.24) is 9.78 Å². The summed E-state index contributed by atoms with van der Waals surface area (Å²) >= 11 is 0. The molecule has 17 heavy (non-hydrogen) atoms. The summed E-state index contributed by atoms with van der Waals surface area (Å²) in [6.07, 6.45) is 0. The SMILES string of the molecule is Cc1c(F)cccc1-n1nc(C(=O)O)cc1C. The van der Waals surface area contributed by atoms with Crippen LogP contribution in [0.1, 0.15) is 21.7 Å². The minimum absolute atomic E-state index is 0.0499. The number of carboxylic acid groups (broad SMARTS) is 1. The van der Waals surface area contributed by atoms with Crippen molar-refractivity contribution in [2.45, 2.75) is 13.8 Å². The summed E-state index contributed by atoms with van der Waals surface area (Å²) in [7, 11) is 0. The van der Waals surface area contributed by atoms with Crippen LogP contribution < -0.4 is 0 Å². The minimum Gasteiger partial charge on any atom is -0.476 e. The maximum absolute atomic E-state index is 13.4. The Kier molecular flexibility index (Phi) is 2.67. The van der Waals surface area contributed by atoms with E-state index >= 15 is 0 Å². The molecule has 0 aliphatic rings. The molecule has 1 aromatic carbocycles. The molecular weight excluding hydrogens is 223 g/mol. The van der Waals surface area contributed by atoms with Gasteiger partial charge < -0.3 is 5.11 Å². The van der Waals surface area contributed by atoms with Crippen molar-refractivity contribution >= 4 is 5.97 Å². The number of nitrogens with zero attached hydrogens (tertiary/aromatic N) is 2. The largest absolute Gasteiger partial charge is 0.476 e. The van der Waals surface area contributed by atoms with E-state index in [1.54, 1.807) is 26.0 Å². The van der Waals surface area contributed by atoms with Crippen LogP contribution in [-0.2, 0) is 0 Å². The van der Waals surface area contributed by atoms with Crippen molar-refractivity contribution in [3.8, 4) is 5.69 Å². The fourth-order valence-corrected chi connectivity index (χ4v) is 1.65. The summed E-state index contributed by atoms with van der Waals surface area (Å²) in [5.41, 5.74) is 1.59. The van der Waals surface area contributed by atoms with E-state index in [1.165, 1.54) is 16.8 Å². The zero-order valence-electron chi connectivity index (χ0n) is 9.44. The number of hydrogen-bond donors (Lipinski definition) is 1. The van der Waals surface area contributed by atoms with Crippen LogP contribution >= 0.6 is 0 Å². The Hall–Kier alpha value is -2.17. The third-order valence-corrected chi connectivity index (χ3v) is 2.57. The van der Waals surface area contributed by atoms with Crippen LogP contribution in [-0.4, -0.2) is 20.9 Å². The molecule has 0 aliphatic carbocycles. The first-order valence-electron chi connectivity index (χ1n) is 5.06. The second kappa shape index (κ2) is 4.01. The summed E-state index contributed by atoms with van der Waals surface area (Å²) in [4.78, 5) is 10.8. The Balaban J connectivity index is 2.60. The number of benzene rings is 1. The molecule has 0 saturated carbocycles. The van der Waals surface area contributed by atoms with Gasteiger partial charge in [0.2, 0.25) is 0 Å². The lowest BCUT2D eigenvalue weighted by Gasteiger charge is -2.08. The van der Waals surface area contributed by atoms with Gasteiger partial charge in [0, 0.05) is 11.3 Å². The molecule has 0 fully saturated rings. The molecule has 88 valence electrons. The van der Waals surface area contributed by atoms with E-state index in [0.717, 1.165) is 0 Å². The van der Waals surface area contributed by atoms with Crippen LogP contribution in [0.5, 0.6) is 0 Å². The lowest BCUT2D eigenvalue weighted by atomic mass is 10.2. The van der Waals surface area contributed by atoms with Gasteiger partial charge in [-0.15, -0.1) is 0 Å². The number of aromatic carboxylic acids is 1. The summed E-state index contributed by atoms with van der Waals surface area (Å²) in [6, 6.07) is 6.08. The first-order chi connectivity index (χ1) is 8.00. The van der Waals surface area contributed by atoms with Crippen LogP contribution in [0.3, 0.4) is 0 Å². The highest BCUT2D eigenvalue weighted by Gasteiger charge is 2.13. The van der Waals surface area contributed by atoms with Crippen molar-refractivity contribution < 1.29 is 14.3 Å². The standard InChI is InChI=1S/C12H11FN2O2/c1-7-6-10(12(16)17)14-15(7)11-5-3-4-9(13)8(11)2/h3-6H,1-2H3,(H,16,17). The van der Waals surface area contributed by atoms with Crippen molar-refractivity contribution in [2.24, 2.45) is 0 Å². The van der Waals surface area contributed by atoms with Crippen LogP contribution in [0.25, 0.3) is 5.69 Å². The third kappa shape index (κ3) is 1.91. The van der Waals surface area contributed by atoms with Gasteiger partial charge in [-0.3, -0.25) is 0 Å². The first-order valence-corrected chi connectivity index (χ1v) is 5.06. The van der Waals surface area contributed by atoms with Gasteiger partial charge in [0.1, 0.15) is 5.82 Å². The normalized spacial score (nSPS) is 10.5. The second-order valence-electron chi connectivity index (χ2n) is 3.77. The van der Waals surface area contributed by atoms with E-state index in [0.29, 0.717) is 16.9 Å². The fraction of sp³-hybridized carbons (Fsp3) is 0.167. The second-order valence-corrected chi connectivity index (χ2v) is 3.77. The average Bonchev–Trinajstić information content (AvgIpc) is 2.65. The number of aryl methyl sites for hydroxylation is 1. The number of aromatic nitrogens is 2. The van der Waals surface area contributed by atoms with Gasteiger partial charge in [-0.05, 0) is 32.0 Å². The summed E-state index contributed by atoms with van der Waals surface area (Å²) < 4.78 is 14.8. The number of halogens is 1. The molecule has 0 saturated heterocycles. The van der Waals surface area contributed by atoms with Gasteiger partial charge in [0.05, 0.1) is 5.69 Å². The summed E-state index contributed by atoms with van der Waals surface area (Å²) in [6.45, 7) is 3.36. The zero-order chi connectivity index (χ0) is 12.6. The summed E-state index contributed by atoms with van der Waals surface area (Å²) in [5, 5.41) is 12.8. The van der Waals surface area contributed by atoms with E-state index in [1.807, 2.05) is 0 Å². The highest BCUT2D eigenvalue weighted by atomic mass is 19.1. The molecule has 1 heterocycles. The third-order valence-electron chi connectivity index (χ3n) is 2.57. The van der Waals surface area contributed by atoms with Gasteiger partial charge in [-0.1, -0.05) is 6.07 Å². The Morgan fingerprint density at radius 1 is 1.41 bits per heavy atom. The Morgan fingerprint density at radius 3 is 2.71 bits per heavy atom. The Labute approximate surface area is 97.3 Å². The van der Waals surface area contributed by atoms with E-state index in [-0.39, 0.29) is 11.5 Å². The maximum Gasteiger partial charge on any atom is 0.356 e. The van der Waals surface area contributed by atoms with Crippen LogP contribution in [0.15, 0.2) is 24.3 Å². The first kappa shape index (κ1) is 11.3. The minimum atomic E-state index is -1.10. The van der Waals surface area contributed by atoms with E-state index < -0.39 is 5.97 Å². The monoisotopic (exact) mass is 234 g/mol. The number of rotatable bonds is 2. The molecule has 2 aromatic rings. The van der Waals surface area contributed by atoms with Crippen LogP contribution in [0, 0.1) is 19.7 Å². The summed E-state index contributed by atoms with van der Waals surface area (Å²) in [5.74, 6) is -1.44. The van der Waals surface area contributed by atoms with Gasteiger partial charge in [-0.25, -0.2) is 13.9 Å². The lowest BCUT2D eigenvalue weighted by Crippen LogP contribution is -2.04. The molecule has 0 amide bonds. The molecule has 0 atom stereocenters. The smallest absolute Gasteiger partial charge is 0.356 e. The molecule has 5 heteroatoms. The van der Waals surface area contributed by atoms with Gasteiger partial charge in [0.25, 0.3) is 0 Å². The number of hydrogen-bond acceptors (Lipinski definition) is 2. The lowest BCUT2D eigenvalue weighted by molar-refractivity contribution is 0.0690. The van der Waals surface area contributed by atoms with E-state index in [4.69, 9.17) is 5.11 Å². The molecule has 1 aromatic heterocycles. The molecule has 0 spiro atoms. The quantitative estimate of drug-likeness (QED) is 0.867. The Morgan fingerprint density at radius 2 is 2.12 bits per heavy atom. The van der Waals surface area contributed by atoms with Crippen LogP contribution in [0.4, 0.5) is 4.39 Å². The van der Waals surface area contributed by atoms with Gasteiger partial charge >= 0.3 is 5.97 Å². The van der Waals surface area contributed by atoms with Crippen LogP contribution in [0.2, 0.25) is 0 Å². The fourth-order valence-electron chi connectivity index (χ4n) is 1.65.